The Bertz CT molecular complexity index is 530. The molecule has 114 valence electrons. The van der Waals surface area contributed by atoms with E-state index in [1.165, 1.54) is 44.8 Å². The van der Waals surface area contributed by atoms with Crippen LogP contribution in [0.15, 0.2) is 10.7 Å². The molecule has 4 aliphatic carbocycles. The molecule has 0 spiro atoms. The number of carbonyl (C=O) groups is 1. The summed E-state index contributed by atoms with van der Waals surface area (Å²) < 4.78 is 5.26. The largest absolute Gasteiger partial charge is 0.476 e. The summed E-state index contributed by atoms with van der Waals surface area (Å²) >= 11 is 0. The summed E-state index contributed by atoms with van der Waals surface area (Å²) in [6.07, 6.45) is 9.40. The van der Waals surface area contributed by atoms with Crippen molar-refractivity contribution < 1.29 is 14.3 Å². The highest BCUT2D eigenvalue weighted by Gasteiger charge is 2.53. The van der Waals surface area contributed by atoms with Crippen molar-refractivity contribution in [1.29, 1.82) is 0 Å². The zero-order valence-corrected chi connectivity index (χ0v) is 12.3. The number of rotatable bonds is 4. The summed E-state index contributed by atoms with van der Waals surface area (Å²) in [6.45, 7) is 2.21. The molecular weight excluding hydrogens is 268 g/mol. The number of anilines is 1. The summed E-state index contributed by atoms with van der Waals surface area (Å²) in [6, 6.07) is 0.627. The van der Waals surface area contributed by atoms with Crippen LogP contribution in [0.5, 0.6) is 0 Å². The van der Waals surface area contributed by atoms with Crippen LogP contribution >= 0.6 is 0 Å². The van der Waals surface area contributed by atoms with E-state index in [-0.39, 0.29) is 11.7 Å². The van der Waals surface area contributed by atoms with E-state index in [4.69, 9.17) is 9.52 Å². The number of hydrogen-bond donors (Lipinski definition) is 2. The van der Waals surface area contributed by atoms with Crippen molar-refractivity contribution in [3.8, 4) is 0 Å². The van der Waals surface area contributed by atoms with Gasteiger partial charge >= 0.3 is 5.97 Å². The van der Waals surface area contributed by atoms with E-state index in [2.05, 4.69) is 17.2 Å². The van der Waals surface area contributed by atoms with Gasteiger partial charge in [-0.3, -0.25) is 0 Å². The van der Waals surface area contributed by atoms with Gasteiger partial charge in [0.05, 0.1) is 0 Å². The first-order valence-electron chi connectivity index (χ1n) is 7.99. The molecule has 1 aromatic rings. The molecule has 5 heteroatoms. The Kier molecular flexibility index (Phi) is 2.81. The van der Waals surface area contributed by atoms with Gasteiger partial charge < -0.3 is 14.8 Å². The molecule has 0 amide bonds. The maximum absolute atomic E-state index is 10.9. The third kappa shape index (κ3) is 2.14. The number of aromatic carboxylic acids is 1. The number of carboxylic acid groups (broad SMARTS) is 1. The van der Waals surface area contributed by atoms with Gasteiger partial charge in [0.1, 0.15) is 6.26 Å². The second-order valence-electron chi connectivity index (χ2n) is 7.49. The molecule has 4 saturated carbocycles. The molecule has 0 aromatic carbocycles. The molecule has 1 unspecified atom stereocenters. The van der Waals surface area contributed by atoms with E-state index in [9.17, 15) is 4.79 Å². The van der Waals surface area contributed by atoms with Crippen LogP contribution < -0.4 is 5.32 Å². The standard InChI is InChI=1S/C16H22N2O3/c1-9(17-15-18-13(8-21-15)14(19)20)16-5-10-2-11(6-16)4-12(3-10)7-16/h8-12H,2-7H2,1H3,(H,17,18)(H,19,20). The monoisotopic (exact) mass is 290 g/mol. The van der Waals surface area contributed by atoms with E-state index >= 15 is 0 Å². The highest BCUT2D eigenvalue weighted by molar-refractivity contribution is 5.85. The van der Waals surface area contributed by atoms with Gasteiger partial charge in [-0.15, -0.1) is 0 Å². The van der Waals surface area contributed by atoms with E-state index in [1.54, 1.807) is 0 Å². The first-order valence-corrected chi connectivity index (χ1v) is 7.99. The van der Waals surface area contributed by atoms with Gasteiger partial charge in [-0.25, -0.2) is 4.79 Å². The van der Waals surface area contributed by atoms with Gasteiger partial charge in [-0.1, -0.05) is 0 Å². The average Bonchev–Trinajstić information content (AvgIpc) is 2.85. The molecule has 1 atom stereocenters. The highest BCUT2D eigenvalue weighted by atomic mass is 16.4. The Balaban J connectivity index is 1.51. The van der Waals surface area contributed by atoms with Crippen LogP contribution in [0, 0.1) is 23.2 Å². The smallest absolute Gasteiger partial charge is 0.357 e. The number of carboxylic acids is 1. The number of nitrogens with one attached hydrogen (secondary N) is 1. The normalized spacial score (nSPS) is 38.4. The Hall–Kier alpha value is -1.52. The maximum atomic E-state index is 10.9. The quantitative estimate of drug-likeness (QED) is 0.889. The highest BCUT2D eigenvalue weighted by Crippen LogP contribution is 2.61. The lowest BCUT2D eigenvalue weighted by atomic mass is 9.48. The van der Waals surface area contributed by atoms with Crippen LogP contribution in [-0.4, -0.2) is 22.1 Å². The molecule has 5 rings (SSSR count). The summed E-state index contributed by atoms with van der Waals surface area (Å²) in [4.78, 5) is 14.9. The third-order valence-electron chi connectivity index (χ3n) is 6.07. The number of hydrogen-bond acceptors (Lipinski definition) is 4. The summed E-state index contributed by atoms with van der Waals surface area (Å²) in [5.41, 5.74) is 0.322. The summed E-state index contributed by atoms with van der Waals surface area (Å²) in [5.74, 6) is 1.66. The van der Waals surface area contributed by atoms with E-state index in [1.807, 2.05) is 0 Å². The van der Waals surface area contributed by atoms with E-state index in [0.29, 0.717) is 11.4 Å². The second-order valence-corrected chi connectivity index (χ2v) is 7.49. The molecule has 4 aliphatic rings. The minimum atomic E-state index is -1.05. The predicted octanol–water partition coefficient (Wildman–Crippen LogP) is 3.39. The fourth-order valence-electron chi connectivity index (χ4n) is 5.48. The average molecular weight is 290 g/mol. The number of nitrogens with zero attached hydrogens (tertiary/aromatic N) is 1. The van der Waals surface area contributed by atoms with E-state index < -0.39 is 5.97 Å². The Morgan fingerprint density at radius 2 is 1.90 bits per heavy atom. The summed E-state index contributed by atoms with van der Waals surface area (Å²) in [7, 11) is 0. The molecule has 4 fully saturated rings. The fraction of sp³-hybridized carbons (Fsp3) is 0.750. The molecule has 1 aromatic heterocycles. The van der Waals surface area contributed by atoms with Gasteiger partial charge in [0.2, 0.25) is 0 Å². The molecule has 0 saturated heterocycles. The second kappa shape index (κ2) is 4.49. The minimum Gasteiger partial charge on any atom is -0.476 e. The molecule has 5 nitrogen and oxygen atoms in total. The molecule has 0 radical (unpaired) electrons. The van der Waals surface area contributed by atoms with Crippen molar-refractivity contribution >= 4 is 12.0 Å². The lowest BCUT2D eigenvalue weighted by molar-refractivity contribution is -0.0605. The van der Waals surface area contributed by atoms with Gasteiger partial charge in [-0.2, -0.15) is 4.98 Å². The van der Waals surface area contributed by atoms with Gasteiger partial charge in [0.25, 0.3) is 6.01 Å². The van der Waals surface area contributed by atoms with E-state index in [0.717, 1.165) is 17.8 Å². The van der Waals surface area contributed by atoms with Crippen LogP contribution in [0.1, 0.15) is 55.9 Å². The first-order chi connectivity index (χ1) is 10.0. The predicted molar refractivity (Wildman–Crippen MR) is 77.2 cm³/mol. The molecular formula is C16H22N2O3. The zero-order valence-electron chi connectivity index (χ0n) is 12.3. The van der Waals surface area contributed by atoms with Gasteiger partial charge in [0.15, 0.2) is 5.69 Å². The summed E-state index contributed by atoms with van der Waals surface area (Å²) in [5, 5.41) is 12.2. The lowest BCUT2D eigenvalue weighted by Crippen LogP contribution is -2.52. The van der Waals surface area contributed by atoms with Gasteiger partial charge in [0, 0.05) is 6.04 Å². The third-order valence-corrected chi connectivity index (χ3v) is 6.07. The maximum Gasteiger partial charge on any atom is 0.357 e. The first kappa shape index (κ1) is 13.2. The molecule has 4 bridgehead atoms. The molecule has 1 heterocycles. The molecule has 2 N–H and O–H groups in total. The van der Waals surface area contributed by atoms with Crippen LogP contribution in [0.2, 0.25) is 0 Å². The van der Waals surface area contributed by atoms with Crippen molar-refractivity contribution in [2.24, 2.45) is 23.2 Å². The Morgan fingerprint density at radius 1 is 1.33 bits per heavy atom. The Labute approximate surface area is 124 Å². The van der Waals surface area contributed by atoms with Crippen LogP contribution in [0.25, 0.3) is 0 Å². The van der Waals surface area contributed by atoms with Crippen LogP contribution in [0.3, 0.4) is 0 Å². The van der Waals surface area contributed by atoms with Crippen molar-refractivity contribution in [1.82, 2.24) is 4.98 Å². The zero-order chi connectivity index (χ0) is 14.6. The molecule has 0 aliphatic heterocycles. The lowest BCUT2D eigenvalue weighted by Gasteiger charge is -2.59. The fourth-order valence-corrected chi connectivity index (χ4v) is 5.48. The van der Waals surface area contributed by atoms with Gasteiger partial charge in [-0.05, 0) is 68.6 Å². The van der Waals surface area contributed by atoms with Crippen molar-refractivity contribution in [2.75, 3.05) is 5.32 Å². The van der Waals surface area contributed by atoms with Crippen LogP contribution in [-0.2, 0) is 0 Å². The Morgan fingerprint density at radius 3 is 2.38 bits per heavy atom. The molecule has 21 heavy (non-hydrogen) atoms. The topological polar surface area (TPSA) is 75.4 Å². The van der Waals surface area contributed by atoms with Crippen molar-refractivity contribution in [3.63, 3.8) is 0 Å². The van der Waals surface area contributed by atoms with Crippen molar-refractivity contribution in [3.05, 3.63) is 12.0 Å². The van der Waals surface area contributed by atoms with Crippen molar-refractivity contribution in [2.45, 2.75) is 51.5 Å². The van der Waals surface area contributed by atoms with Crippen LogP contribution in [0.4, 0.5) is 6.01 Å². The number of aromatic nitrogens is 1. The SMILES string of the molecule is CC(Nc1nc(C(=O)O)co1)C12CC3CC(CC(C3)C1)C2. The number of oxazole rings is 1. The minimum absolute atomic E-state index is 0.0322.